The molecule has 4 rings (SSSR count). The Labute approximate surface area is 155 Å². The van der Waals surface area contributed by atoms with E-state index in [0.717, 1.165) is 27.7 Å². The smallest absolute Gasteiger partial charge is 0.178 e. The second kappa shape index (κ2) is 6.43. The van der Waals surface area contributed by atoms with Crippen LogP contribution in [0.3, 0.4) is 0 Å². The summed E-state index contributed by atoms with van der Waals surface area (Å²) in [4.78, 5) is 13.8. The topological polar surface area (TPSA) is 38.7 Å². The molecule has 4 aromatic rings. The van der Waals surface area contributed by atoms with Gasteiger partial charge in [-0.25, -0.2) is 15.0 Å². The highest BCUT2D eigenvalue weighted by Crippen LogP contribution is 2.32. The van der Waals surface area contributed by atoms with Gasteiger partial charge in [0.15, 0.2) is 5.82 Å². The molecule has 3 nitrogen and oxygen atoms in total. The maximum Gasteiger partial charge on any atom is 0.178 e. The van der Waals surface area contributed by atoms with Crippen molar-refractivity contribution < 1.29 is 0 Å². The zero-order valence-corrected chi connectivity index (χ0v) is 14.9. The van der Waals surface area contributed by atoms with Crippen LogP contribution in [0.1, 0.15) is 5.56 Å². The first-order valence-electron chi connectivity index (χ1n) is 7.77. The van der Waals surface area contributed by atoms with Crippen LogP contribution in [0.5, 0.6) is 0 Å². The van der Waals surface area contributed by atoms with Crippen molar-refractivity contribution in [2.75, 3.05) is 0 Å². The van der Waals surface area contributed by atoms with Gasteiger partial charge in [-0.2, -0.15) is 0 Å². The molecule has 2 aromatic heterocycles. The minimum Gasteiger partial charge on any atom is -0.244 e. The standard InChI is InChI=1S/C20H13Cl2N3/c1-12-6-9-18(20-23-11-13-4-2-3-5-17(13)25-20)24-19(12)15-10-14(21)7-8-16(15)22/h2-11H,1H3. The number of benzene rings is 2. The Morgan fingerprint density at radius 2 is 1.72 bits per heavy atom. The molecule has 0 unspecified atom stereocenters. The third kappa shape index (κ3) is 3.09. The van der Waals surface area contributed by atoms with Gasteiger partial charge in [-0.3, -0.25) is 0 Å². The summed E-state index contributed by atoms with van der Waals surface area (Å²) in [6.45, 7) is 1.99. The predicted molar refractivity (Wildman–Crippen MR) is 103 cm³/mol. The van der Waals surface area contributed by atoms with Crippen LogP contribution in [0, 0.1) is 6.92 Å². The lowest BCUT2D eigenvalue weighted by Gasteiger charge is -2.10. The van der Waals surface area contributed by atoms with Crippen molar-refractivity contribution in [3.05, 3.63) is 76.4 Å². The van der Waals surface area contributed by atoms with Crippen molar-refractivity contribution in [2.24, 2.45) is 0 Å². The highest BCUT2D eigenvalue weighted by Gasteiger charge is 2.12. The largest absolute Gasteiger partial charge is 0.244 e. The summed E-state index contributed by atoms with van der Waals surface area (Å²) in [6, 6.07) is 17.1. The van der Waals surface area contributed by atoms with Crippen molar-refractivity contribution in [3.8, 4) is 22.8 Å². The van der Waals surface area contributed by atoms with Gasteiger partial charge in [0.25, 0.3) is 0 Å². The Kier molecular flexibility index (Phi) is 4.12. The van der Waals surface area contributed by atoms with E-state index in [2.05, 4.69) is 9.97 Å². The summed E-state index contributed by atoms with van der Waals surface area (Å²) in [7, 11) is 0. The van der Waals surface area contributed by atoms with Gasteiger partial charge in [0, 0.05) is 22.2 Å². The number of pyridine rings is 1. The van der Waals surface area contributed by atoms with Gasteiger partial charge in [0.05, 0.1) is 16.2 Å². The van der Waals surface area contributed by atoms with Gasteiger partial charge >= 0.3 is 0 Å². The molecule has 0 aliphatic carbocycles. The molecule has 0 atom stereocenters. The second-order valence-electron chi connectivity index (χ2n) is 5.74. The molecule has 0 radical (unpaired) electrons. The van der Waals surface area contributed by atoms with Crippen LogP contribution in [-0.2, 0) is 0 Å². The number of halogens is 2. The van der Waals surface area contributed by atoms with Crippen molar-refractivity contribution in [1.29, 1.82) is 0 Å². The zero-order chi connectivity index (χ0) is 17.4. The molecule has 0 spiro atoms. The number of aryl methyl sites for hydroxylation is 1. The lowest BCUT2D eigenvalue weighted by molar-refractivity contribution is 1.17. The van der Waals surface area contributed by atoms with Crippen molar-refractivity contribution >= 4 is 34.1 Å². The van der Waals surface area contributed by atoms with E-state index in [1.807, 2.05) is 55.6 Å². The van der Waals surface area contributed by atoms with E-state index in [1.54, 1.807) is 12.1 Å². The Morgan fingerprint density at radius 3 is 2.60 bits per heavy atom. The summed E-state index contributed by atoms with van der Waals surface area (Å²) in [5, 5.41) is 2.22. The molecule has 2 heterocycles. The molecule has 122 valence electrons. The Hall–Kier alpha value is -2.49. The molecule has 0 saturated carbocycles. The van der Waals surface area contributed by atoms with Gasteiger partial charge in [-0.15, -0.1) is 0 Å². The maximum atomic E-state index is 6.35. The van der Waals surface area contributed by atoms with Gasteiger partial charge in [-0.05, 0) is 42.8 Å². The number of nitrogens with zero attached hydrogens (tertiary/aromatic N) is 3. The van der Waals surface area contributed by atoms with Crippen LogP contribution in [-0.4, -0.2) is 15.0 Å². The van der Waals surface area contributed by atoms with E-state index >= 15 is 0 Å². The number of hydrogen-bond donors (Lipinski definition) is 0. The molecule has 25 heavy (non-hydrogen) atoms. The van der Waals surface area contributed by atoms with Crippen LogP contribution in [0.15, 0.2) is 60.8 Å². The average molecular weight is 366 g/mol. The number of aromatic nitrogens is 3. The fourth-order valence-corrected chi connectivity index (χ4v) is 3.08. The van der Waals surface area contributed by atoms with Crippen molar-refractivity contribution in [2.45, 2.75) is 6.92 Å². The third-order valence-corrected chi connectivity index (χ3v) is 4.56. The molecular weight excluding hydrogens is 353 g/mol. The minimum absolute atomic E-state index is 0.582. The normalized spacial score (nSPS) is 11.0. The fourth-order valence-electron chi connectivity index (χ4n) is 2.70. The highest BCUT2D eigenvalue weighted by atomic mass is 35.5. The number of rotatable bonds is 2. The lowest BCUT2D eigenvalue weighted by atomic mass is 10.1. The number of fused-ring (bicyclic) bond motifs is 1. The lowest BCUT2D eigenvalue weighted by Crippen LogP contribution is -1.96. The number of para-hydroxylation sites is 1. The predicted octanol–water partition coefficient (Wildman–Crippen LogP) is 5.97. The van der Waals surface area contributed by atoms with Crippen LogP contribution in [0.25, 0.3) is 33.7 Å². The van der Waals surface area contributed by atoms with Crippen LogP contribution < -0.4 is 0 Å². The van der Waals surface area contributed by atoms with Crippen LogP contribution in [0.4, 0.5) is 0 Å². The molecule has 5 heteroatoms. The van der Waals surface area contributed by atoms with Crippen LogP contribution >= 0.6 is 23.2 Å². The van der Waals surface area contributed by atoms with Crippen molar-refractivity contribution in [1.82, 2.24) is 15.0 Å². The second-order valence-corrected chi connectivity index (χ2v) is 6.58. The first kappa shape index (κ1) is 16.0. The van der Waals surface area contributed by atoms with Crippen molar-refractivity contribution in [3.63, 3.8) is 0 Å². The summed E-state index contributed by atoms with van der Waals surface area (Å²) in [6.07, 6.45) is 1.81. The molecule has 0 aliphatic rings. The first-order chi connectivity index (χ1) is 12.1. The summed E-state index contributed by atoms with van der Waals surface area (Å²) < 4.78 is 0. The van der Waals surface area contributed by atoms with E-state index in [9.17, 15) is 0 Å². The molecule has 0 saturated heterocycles. The molecule has 0 fully saturated rings. The minimum atomic E-state index is 0.582. The first-order valence-corrected chi connectivity index (χ1v) is 8.52. The molecule has 0 aliphatic heterocycles. The third-order valence-electron chi connectivity index (χ3n) is 4.00. The summed E-state index contributed by atoms with van der Waals surface area (Å²) in [5.41, 5.74) is 4.17. The fraction of sp³-hybridized carbons (Fsp3) is 0.0500. The average Bonchev–Trinajstić information content (AvgIpc) is 2.64. The monoisotopic (exact) mass is 365 g/mol. The maximum absolute atomic E-state index is 6.35. The molecular formula is C20H13Cl2N3. The molecule has 2 aromatic carbocycles. The van der Waals surface area contributed by atoms with Gasteiger partial charge in [-0.1, -0.05) is 47.5 Å². The summed E-state index contributed by atoms with van der Waals surface area (Å²) >= 11 is 12.5. The van der Waals surface area contributed by atoms with Crippen LogP contribution in [0.2, 0.25) is 10.0 Å². The molecule has 0 N–H and O–H groups in total. The van der Waals surface area contributed by atoms with E-state index in [-0.39, 0.29) is 0 Å². The van der Waals surface area contributed by atoms with Gasteiger partial charge < -0.3 is 0 Å². The quantitative estimate of drug-likeness (QED) is 0.438. The van der Waals surface area contributed by atoms with E-state index in [4.69, 9.17) is 28.2 Å². The molecule has 0 amide bonds. The number of hydrogen-bond acceptors (Lipinski definition) is 3. The van der Waals surface area contributed by atoms with Gasteiger partial charge in [0.1, 0.15) is 5.69 Å². The van der Waals surface area contributed by atoms with E-state index in [0.29, 0.717) is 21.6 Å². The highest BCUT2D eigenvalue weighted by molar-refractivity contribution is 6.35. The Morgan fingerprint density at radius 1 is 0.880 bits per heavy atom. The van der Waals surface area contributed by atoms with E-state index in [1.165, 1.54) is 0 Å². The van der Waals surface area contributed by atoms with Gasteiger partial charge in [0.2, 0.25) is 0 Å². The Balaban J connectivity index is 1.87. The van der Waals surface area contributed by atoms with E-state index < -0.39 is 0 Å². The SMILES string of the molecule is Cc1ccc(-c2ncc3ccccc3n2)nc1-c1cc(Cl)ccc1Cl. The Bertz CT molecular complexity index is 1090. The molecule has 0 bridgehead atoms. The zero-order valence-electron chi connectivity index (χ0n) is 13.4. The summed E-state index contributed by atoms with van der Waals surface area (Å²) in [5.74, 6) is 0.582.